The van der Waals surface area contributed by atoms with Crippen LogP contribution in [0.1, 0.15) is 0 Å². The highest BCUT2D eigenvalue weighted by Gasteiger charge is 2.17. The quantitative estimate of drug-likeness (QED) is 0.798. The Morgan fingerprint density at radius 2 is 1.43 bits per heavy atom. The van der Waals surface area contributed by atoms with Gasteiger partial charge in [0.25, 0.3) is 10.0 Å². The Bertz CT molecular complexity index is 824. The lowest BCUT2D eigenvalue weighted by molar-refractivity contribution is 0.568. The molecular formula is C16H13NO3S. The van der Waals surface area contributed by atoms with Crippen LogP contribution >= 0.6 is 0 Å². The topological polar surface area (TPSA) is 59.3 Å². The molecule has 1 heterocycles. The molecule has 0 fully saturated rings. The van der Waals surface area contributed by atoms with Crippen LogP contribution in [0, 0.1) is 0 Å². The summed E-state index contributed by atoms with van der Waals surface area (Å²) in [4.78, 5) is 0.213. The second-order valence-electron chi connectivity index (χ2n) is 4.48. The Morgan fingerprint density at radius 3 is 2.10 bits per heavy atom. The summed E-state index contributed by atoms with van der Waals surface area (Å²) in [7, 11) is -3.62. The Morgan fingerprint density at radius 1 is 0.810 bits per heavy atom. The van der Waals surface area contributed by atoms with Crippen molar-refractivity contribution in [2.45, 2.75) is 4.90 Å². The van der Waals surface area contributed by atoms with E-state index < -0.39 is 10.0 Å². The molecule has 0 saturated heterocycles. The largest absolute Gasteiger partial charge is 0.470 e. The van der Waals surface area contributed by atoms with Gasteiger partial charge in [0.2, 0.25) is 0 Å². The molecule has 0 bridgehead atoms. The van der Waals surface area contributed by atoms with Gasteiger partial charge < -0.3 is 4.42 Å². The fraction of sp³-hybridized carbons (Fsp3) is 0. The summed E-state index contributed by atoms with van der Waals surface area (Å²) in [5.74, 6) is 0. The molecule has 0 spiro atoms. The molecule has 5 heteroatoms. The Balaban J connectivity index is 1.96. The molecule has 0 atom stereocenters. The van der Waals surface area contributed by atoms with Crippen molar-refractivity contribution >= 4 is 15.7 Å². The number of rotatable bonds is 4. The molecule has 2 aromatic carbocycles. The van der Waals surface area contributed by atoms with Crippen molar-refractivity contribution < 1.29 is 12.8 Å². The van der Waals surface area contributed by atoms with E-state index in [1.807, 2.05) is 30.3 Å². The second kappa shape index (κ2) is 5.46. The number of sulfonamides is 1. The van der Waals surface area contributed by atoms with Gasteiger partial charge in [-0.3, -0.25) is 4.72 Å². The SMILES string of the molecule is O=S(=O)(Nc1cocc1-c1ccccc1)c1ccccc1. The Labute approximate surface area is 123 Å². The van der Waals surface area contributed by atoms with E-state index in [2.05, 4.69) is 4.72 Å². The molecule has 4 nitrogen and oxygen atoms in total. The van der Waals surface area contributed by atoms with Crippen molar-refractivity contribution in [3.63, 3.8) is 0 Å². The molecule has 3 rings (SSSR count). The van der Waals surface area contributed by atoms with E-state index in [-0.39, 0.29) is 4.90 Å². The lowest BCUT2D eigenvalue weighted by atomic mass is 10.1. The number of nitrogens with one attached hydrogen (secondary N) is 1. The molecule has 0 radical (unpaired) electrons. The molecule has 1 N–H and O–H groups in total. The minimum atomic E-state index is -3.62. The van der Waals surface area contributed by atoms with Crippen molar-refractivity contribution in [3.05, 3.63) is 73.2 Å². The average Bonchev–Trinajstić information content (AvgIpc) is 2.96. The first-order valence-electron chi connectivity index (χ1n) is 6.36. The fourth-order valence-electron chi connectivity index (χ4n) is 2.02. The molecule has 0 aliphatic carbocycles. The predicted molar refractivity (Wildman–Crippen MR) is 81.4 cm³/mol. The second-order valence-corrected chi connectivity index (χ2v) is 6.17. The van der Waals surface area contributed by atoms with E-state index in [9.17, 15) is 8.42 Å². The third-order valence-electron chi connectivity index (χ3n) is 3.04. The maximum absolute atomic E-state index is 12.3. The first-order valence-corrected chi connectivity index (χ1v) is 7.84. The maximum Gasteiger partial charge on any atom is 0.262 e. The Kier molecular flexibility index (Phi) is 3.50. The van der Waals surface area contributed by atoms with E-state index in [1.54, 1.807) is 30.3 Å². The van der Waals surface area contributed by atoms with E-state index in [1.165, 1.54) is 12.5 Å². The van der Waals surface area contributed by atoms with Crippen molar-refractivity contribution in [1.82, 2.24) is 0 Å². The summed E-state index contributed by atoms with van der Waals surface area (Å²) in [6.45, 7) is 0. The van der Waals surface area contributed by atoms with Crippen LogP contribution in [0.25, 0.3) is 11.1 Å². The highest BCUT2D eigenvalue weighted by Crippen LogP contribution is 2.30. The van der Waals surface area contributed by atoms with Gasteiger partial charge in [0.15, 0.2) is 0 Å². The van der Waals surface area contributed by atoms with Crippen LogP contribution in [0.15, 0.2) is 82.5 Å². The van der Waals surface area contributed by atoms with Crippen LogP contribution in [0.2, 0.25) is 0 Å². The summed E-state index contributed by atoms with van der Waals surface area (Å²) >= 11 is 0. The molecule has 1 aromatic heterocycles. The van der Waals surface area contributed by atoms with Crippen molar-refractivity contribution in [2.24, 2.45) is 0 Å². The number of benzene rings is 2. The van der Waals surface area contributed by atoms with E-state index in [4.69, 9.17) is 4.42 Å². The van der Waals surface area contributed by atoms with Gasteiger partial charge >= 0.3 is 0 Å². The summed E-state index contributed by atoms with van der Waals surface area (Å²) in [6, 6.07) is 17.7. The zero-order valence-corrected chi connectivity index (χ0v) is 11.9. The highest BCUT2D eigenvalue weighted by molar-refractivity contribution is 7.92. The highest BCUT2D eigenvalue weighted by atomic mass is 32.2. The van der Waals surface area contributed by atoms with Gasteiger partial charge in [0.1, 0.15) is 12.5 Å². The van der Waals surface area contributed by atoms with Crippen LogP contribution in [0.4, 0.5) is 5.69 Å². The first kappa shape index (κ1) is 13.5. The zero-order chi connectivity index (χ0) is 14.7. The maximum atomic E-state index is 12.3. The summed E-state index contributed by atoms with van der Waals surface area (Å²) in [6.07, 6.45) is 2.92. The zero-order valence-electron chi connectivity index (χ0n) is 11.1. The molecule has 0 unspecified atom stereocenters. The van der Waals surface area contributed by atoms with Gasteiger partial charge in [0, 0.05) is 5.56 Å². The molecule has 106 valence electrons. The molecule has 0 aliphatic rings. The van der Waals surface area contributed by atoms with Gasteiger partial charge in [-0.25, -0.2) is 8.42 Å². The molecule has 0 amide bonds. The first-order chi connectivity index (χ1) is 10.2. The van der Waals surface area contributed by atoms with Gasteiger partial charge in [-0.15, -0.1) is 0 Å². The third-order valence-corrected chi connectivity index (χ3v) is 4.43. The van der Waals surface area contributed by atoms with Crippen molar-refractivity contribution in [1.29, 1.82) is 0 Å². The molecular weight excluding hydrogens is 286 g/mol. The minimum absolute atomic E-state index is 0.213. The summed E-state index contributed by atoms with van der Waals surface area (Å²) in [5.41, 5.74) is 2.01. The summed E-state index contributed by atoms with van der Waals surface area (Å²) in [5, 5.41) is 0. The monoisotopic (exact) mass is 299 g/mol. The van der Waals surface area contributed by atoms with Crippen LogP contribution in [-0.4, -0.2) is 8.42 Å². The van der Waals surface area contributed by atoms with Crippen molar-refractivity contribution in [2.75, 3.05) is 4.72 Å². The molecule has 3 aromatic rings. The van der Waals surface area contributed by atoms with E-state index in [0.29, 0.717) is 11.3 Å². The average molecular weight is 299 g/mol. The van der Waals surface area contributed by atoms with Gasteiger partial charge in [-0.2, -0.15) is 0 Å². The van der Waals surface area contributed by atoms with E-state index >= 15 is 0 Å². The van der Waals surface area contributed by atoms with E-state index in [0.717, 1.165) is 5.56 Å². The van der Waals surface area contributed by atoms with Crippen LogP contribution in [0.5, 0.6) is 0 Å². The van der Waals surface area contributed by atoms with Gasteiger partial charge in [-0.1, -0.05) is 48.5 Å². The van der Waals surface area contributed by atoms with Gasteiger partial charge in [0.05, 0.1) is 10.6 Å². The molecule has 0 aliphatic heterocycles. The Hall–Kier alpha value is -2.53. The lowest BCUT2D eigenvalue weighted by Crippen LogP contribution is -2.12. The number of hydrogen-bond acceptors (Lipinski definition) is 3. The van der Waals surface area contributed by atoms with Crippen LogP contribution < -0.4 is 4.72 Å². The number of furan rings is 1. The number of anilines is 1. The van der Waals surface area contributed by atoms with Gasteiger partial charge in [-0.05, 0) is 17.7 Å². The molecule has 21 heavy (non-hydrogen) atoms. The van der Waals surface area contributed by atoms with Crippen LogP contribution in [-0.2, 0) is 10.0 Å². The smallest absolute Gasteiger partial charge is 0.262 e. The minimum Gasteiger partial charge on any atom is -0.470 e. The van der Waals surface area contributed by atoms with Crippen LogP contribution in [0.3, 0.4) is 0 Å². The lowest BCUT2D eigenvalue weighted by Gasteiger charge is -2.08. The normalized spacial score (nSPS) is 11.2. The summed E-state index contributed by atoms with van der Waals surface area (Å²) < 4.78 is 32.4. The predicted octanol–water partition coefficient (Wildman–Crippen LogP) is 3.75. The fourth-order valence-corrected chi connectivity index (χ4v) is 3.10. The third kappa shape index (κ3) is 2.83. The standard InChI is InChI=1S/C16H13NO3S/c18-21(19,14-9-5-2-6-10-14)17-16-12-20-11-15(16)13-7-3-1-4-8-13/h1-12,17H. The molecule has 0 saturated carbocycles. The number of hydrogen-bond donors (Lipinski definition) is 1. The van der Waals surface area contributed by atoms with Crippen molar-refractivity contribution in [3.8, 4) is 11.1 Å².